The maximum atomic E-state index is 14.2. The Morgan fingerprint density at radius 1 is 1.00 bits per heavy atom. The third-order valence-electron chi connectivity index (χ3n) is 4.63. The number of carbonyl (C=O) groups is 1. The predicted molar refractivity (Wildman–Crippen MR) is 103 cm³/mol. The average molecular weight is 442 g/mol. The summed E-state index contributed by atoms with van der Waals surface area (Å²) in [6, 6.07) is 10.2. The number of amides is 1. The van der Waals surface area contributed by atoms with Crippen LogP contribution in [-0.4, -0.2) is 12.5 Å². The first-order valence-electron chi connectivity index (χ1n) is 9.39. The number of nitrogens with zero attached hydrogens (tertiary/aromatic N) is 1. The molecular weight excluding hydrogens is 422 g/mol. The molecule has 3 nitrogen and oxygen atoms in total. The van der Waals surface area contributed by atoms with Crippen molar-refractivity contribution in [2.24, 2.45) is 5.92 Å². The van der Waals surface area contributed by atoms with E-state index in [0.29, 0.717) is 6.07 Å². The molecule has 0 aliphatic carbocycles. The maximum Gasteiger partial charge on any atom is 0.417 e. The van der Waals surface area contributed by atoms with Crippen molar-refractivity contribution in [3.05, 3.63) is 59.2 Å². The van der Waals surface area contributed by atoms with Gasteiger partial charge in [-0.05, 0) is 35.1 Å². The Bertz CT molecular complexity index is 959. The molecular formula is C22H20F6N2O. The quantitative estimate of drug-likeness (QED) is 0.430. The van der Waals surface area contributed by atoms with E-state index in [2.05, 4.69) is 5.32 Å². The van der Waals surface area contributed by atoms with Crippen LogP contribution in [0.2, 0.25) is 0 Å². The molecule has 2 rings (SSSR count). The zero-order valence-corrected chi connectivity index (χ0v) is 16.7. The highest BCUT2D eigenvalue weighted by atomic mass is 19.4. The van der Waals surface area contributed by atoms with Crippen LogP contribution in [-0.2, 0) is 17.1 Å². The number of nitrogens with one attached hydrogen (secondary N) is 1. The lowest BCUT2D eigenvalue weighted by Gasteiger charge is -2.28. The van der Waals surface area contributed by atoms with E-state index in [1.54, 1.807) is 26.0 Å². The second-order valence-electron chi connectivity index (χ2n) is 7.37. The minimum atomic E-state index is -5.16. The summed E-state index contributed by atoms with van der Waals surface area (Å²) in [5, 5.41) is 10.8. The second kappa shape index (κ2) is 9.41. The van der Waals surface area contributed by atoms with Crippen molar-refractivity contribution in [3.63, 3.8) is 0 Å². The van der Waals surface area contributed by atoms with Gasteiger partial charge in [-0.2, -0.15) is 31.6 Å². The van der Waals surface area contributed by atoms with Gasteiger partial charge in [-0.3, -0.25) is 4.79 Å². The molecule has 0 bridgehead atoms. The SMILES string of the molecule is CC(C)CC(C(=O)NCC#N)c1c(C(F)(F)F)ccc(-c2ccccc2)c1C(F)(F)F. The van der Waals surface area contributed by atoms with E-state index >= 15 is 0 Å². The molecule has 0 aromatic heterocycles. The van der Waals surface area contributed by atoms with E-state index in [0.717, 1.165) is 6.07 Å². The predicted octanol–water partition coefficient (Wildman–Crippen LogP) is 6.16. The van der Waals surface area contributed by atoms with E-state index < -0.39 is 53.0 Å². The Balaban J connectivity index is 2.93. The summed E-state index contributed by atoms with van der Waals surface area (Å²) in [5.41, 5.74) is -4.50. The van der Waals surface area contributed by atoms with Gasteiger partial charge in [0.25, 0.3) is 0 Å². The highest BCUT2D eigenvalue weighted by Crippen LogP contribution is 2.48. The van der Waals surface area contributed by atoms with E-state index in [-0.39, 0.29) is 17.9 Å². The number of hydrogen-bond acceptors (Lipinski definition) is 2. The number of rotatable bonds is 6. The Hall–Kier alpha value is -3.02. The number of hydrogen-bond donors (Lipinski definition) is 1. The van der Waals surface area contributed by atoms with Crippen LogP contribution in [0.15, 0.2) is 42.5 Å². The van der Waals surface area contributed by atoms with Crippen molar-refractivity contribution in [1.29, 1.82) is 5.26 Å². The van der Waals surface area contributed by atoms with Crippen molar-refractivity contribution >= 4 is 5.91 Å². The zero-order valence-electron chi connectivity index (χ0n) is 16.7. The average Bonchev–Trinajstić information content (AvgIpc) is 2.68. The standard InChI is InChI=1S/C22H20F6N2O/c1-13(2)12-16(20(31)30-11-10-29)18-17(21(23,24)25)9-8-15(19(18)22(26,27)28)14-6-4-3-5-7-14/h3-9,13,16H,11-12H2,1-2H3,(H,30,31). The lowest BCUT2D eigenvalue weighted by Crippen LogP contribution is -2.33. The molecule has 0 spiro atoms. The van der Waals surface area contributed by atoms with Crippen molar-refractivity contribution < 1.29 is 31.1 Å². The minimum absolute atomic E-state index is 0.0746. The van der Waals surface area contributed by atoms with Crippen LogP contribution < -0.4 is 5.32 Å². The van der Waals surface area contributed by atoms with Gasteiger partial charge in [-0.25, -0.2) is 0 Å². The fraction of sp³-hybridized carbons (Fsp3) is 0.364. The van der Waals surface area contributed by atoms with Gasteiger partial charge in [0.1, 0.15) is 6.54 Å². The highest BCUT2D eigenvalue weighted by Gasteiger charge is 2.46. The fourth-order valence-corrected chi connectivity index (χ4v) is 3.47. The van der Waals surface area contributed by atoms with Crippen molar-refractivity contribution in [2.45, 2.75) is 38.5 Å². The molecule has 166 valence electrons. The summed E-state index contributed by atoms with van der Waals surface area (Å²) in [6.07, 6.45) is -10.5. The monoisotopic (exact) mass is 442 g/mol. The number of benzene rings is 2. The van der Waals surface area contributed by atoms with Crippen LogP contribution >= 0.6 is 0 Å². The lowest BCUT2D eigenvalue weighted by atomic mass is 9.80. The van der Waals surface area contributed by atoms with Crippen LogP contribution in [0.3, 0.4) is 0 Å². The fourth-order valence-electron chi connectivity index (χ4n) is 3.47. The van der Waals surface area contributed by atoms with Crippen LogP contribution in [0, 0.1) is 17.2 Å². The molecule has 31 heavy (non-hydrogen) atoms. The maximum absolute atomic E-state index is 14.2. The first-order valence-corrected chi connectivity index (χ1v) is 9.39. The third-order valence-corrected chi connectivity index (χ3v) is 4.63. The molecule has 0 aliphatic heterocycles. The van der Waals surface area contributed by atoms with Crippen LogP contribution in [0.1, 0.15) is 42.9 Å². The van der Waals surface area contributed by atoms with Gasteiger partial charge in [-0.1, -0.05) is 50.2 Å². The Morgan fingerprint density at radius 2 is 1.61 bits per heavy atom. The van der Waals surface area contributed by atoms with Gasteiger partial charge in [0.15, 0.2) is 0 Å². The summed E-state index contributed by atoms with van der Waals surface area (Å²) in [6.45, 7) is 2.65. The zero-order chi connectivity index (χ0) is 23.4. The minimum Gasteiger partial charge on any atom is -0.342 e. The van der Waals surface area contributed by atoms with Gasteiger partial charge in [0.05, 0.1) is 23.1 Å². The molecule has 0 saturated heterocycles. The van der Waals surface area contributed by atoms with E-state index in [4.69, 9.17) is 5.26 Å². The summed E-state index contributed by atoms with van der Waals surface area (Å²) in [4.78, 5) is 12.6. The van der Waals surface area contributed by atoms with Crippen LogP contribution in [0.4, 0.5) is 26.3 Å². The summed E-state index contributed by atoms with van der Waals surface area (Å²) >= 11 is 0. The summed E-state index contributed by atoms with van der Waals surface area (Å²) in [7, 11) is 0. The molecule has 0 aliphatic rings. The first-order chi connectivity index (χ1) is 14.4. The van der Waals surface area contributed by atoms with E-state index in [1.165, 1.54) is 24.3 Å². The summed E-state index contributed by atoms with van der Waals surface area (Å²) < 4.78 is 84.1. The molecule has 1 amide bonds. The Morgan fingerprint density at radius 3 is 2.10 bits per heavy atom. The molecule has 9 heteroatoms. The van der Waals surface area contributed by atoms with Gasteiger partial charge in [0.2, 0.25) is 5.91 Å². The molecule has 0 radical (unpaired) electrons. The van der Waals surface area contributed by atoms with Gasteiger partial charge in [0, 0.05) is 0 Å². The first kappa shape index (κ1) is 24.3. The van der Waals surface area contributed by atoms with Gasteiger partial charge in [-0.15, -0.1) is 0 Å². The second-order valence-corrected chi connectivity index (χ2v) is 7.37. The molecule has 0 saturated carbocycles. The molecule has 2 aromatic carbocycles. The molecule has 0 heterocycles. The highest BCUT2D eigenvalue weighted by molar-refractivity contribution is 5.86. The molecule has 0 fully saturated rings. The van der Waals surface area contributed by atoms with Crippen LogP contribution in [0.25, 0.3) is 11.1 Å². The number of carbonyl (C=O) groups excluding carboxylic acids is 1. The van der Waals surface area contributed by atoms with Crippen molar-refractivity contribution in [3.8, 4) is 17.2 Å². The van der Waals surface area contributed by atoms with Crippen molar-refractivity contribution in [2.75, 3.05) is 6.54 Å². The van der Waals surface area contributed by atoms with Gasteiger partial charge >= 0.3 is 12.4 Å². The van der Waals surface area contributed by atoms with Crippen LogP contribution in [0.5, 0.6) is 0 Å². The molecule has 1 N–H and O–H groups in total. The number of halogens is 6. The Kier molecular flexibility index (Phi) is 7.37. The Labute approximate surface area is 175 Å². The molecule has 1 unspecified atom stereocenters. The topological polar surface area (TPSA) is 52.9 Å². The molecule has 2 aromatic rings. The number of alkyl halides is 6. The lowest BCUT2D eigenvalue weighted by molar-refractivity contribution is -0.144. The van der Waals surface area contributed by atoms with Gasteiger partial charge < -0.3 is 5.32 Å². The third kappa shape index (κ3) is 5.78. The largest absolute Gasteiger partial charge is 0.417 e. The van der Waals surface area contributed by atoms with E-state index in [1.807, 2.05) is 0 Å². The normalized spacial score (nSPS) is 13.0. The smallest absolute Gasteiger partial charge is 0.342 e. The molecule has 1 atom stereocenters. The number of nitriles is 1. The van der Waals surface area contributed by atoms with Crippen molar-refractivity contribution in [1.82, 2.24) is 5.32 Å². The van der Waals surface area contributed by atoms with E-state index in [9.17, 15) is 31.1 Å². The summed E-state index contributed by atoms with van der Waals surface area (Å²) in [5.74, 6) is -3.19.